The number of hydrogen-bond donors (Lipinski definition) is 2. The highest BCUT2D eigenvalue weighted by molar-refractivity contribution is 7.99. The summed E-state index contributed by atoms with van der Waals surface area (Å²) in [6.45, 7) is 4.70. The Kier molecular flexibility index (Phi) is 5.34. The average Bonchev–Trinajstić information content (AvgIpc) is 2.27. The van der Waals surface area contributed by atoms with E-state index in [0.29, 0.717) is 18.8 Å². The lowest BCUT2D eigenvalue weighted by atomic mass is 10.2. The second-order valence-corrected chi connectivity index (χ2v) is 4.64. The molecule has 5 nitrogen and oxygen atoms in total. The predicted octanol–water partition coefficient (Wildman–Crippen LogP) is -0.209. The molecule has 16 heavy (non-hydrogen) atoms. The number of carboxylic acids is 1. The highest BCUT2D eigenvalue weighted by Crippen LogP contribution is 2.16. The number of amides is 1. The second kappa shape index (κ2) is 6.55. The number of carboxylic acid groups (broad SMARTS) is 1. The lowest BCUT2D eigenvalue weighted by molar-refractivity contribution is -0.143. The molecule has 1 saturated heterocycles. The first-order valence-corrected chi connectivity index (χ1v) is 6.23. The van der Waals surface area contributed by atoms with Gasteiger partial charge in [-0.3, -0.25) is 14.5 Å². The Balaban J connectivity index is 2.46. The summed E-state index contributed by atoms with van der Waals surface area (Å²) in [4.78, 5) is 24.1. The maximum absolute atomic E-state index is 11.4. The van der Waals surface area contributed by atoms with Crippen molar-refractivity contribution in [3.63, 3.8) is 0 Å². The van der Waals surface area contributed by atoms with E-state index >= 15 is 0 Å². The lowest BCUT2D eigenvalue weighted by Gasteiger charge is -2.31. The Morgan fingerprint density at radius 3 is 3.00 bits per heavy atom. The highest BCUT2D eigenvalue weighted by Gasteiger charge is 2.29. The van der Waals surface area contributed by atoms with Crippen LogP contribution in [0.25, 0.3) is 0 Å². The summed E-state index contributed by atoms with van der Waals surface area (Å²) >= 11 is 1.61. The summed E-state index contributed by atoms with van der Waals surface area (Å²) in [5, 5.41) is 11.6. The Morgan fingerprint density at radius 2 is 2.38 bits per heavy atom. The van der Waals surface area contributed by atoms with Gasteiger partial charge >= 0.3 is 5.97 Å². The van der Waals surface area contributed by atoms with Crippen LogP contribution in [0.2, 0.25) is 0 Å². The maximum Gasteiger partial charge on any atom is 0.321 e. The Bertz CT molecular complexity index is 283. The van der Waals surface area contributed by atoms with E-state index < -0.39 is 12.0 Å². The largest absolute Gasteiger partial charge is 0.480 e. The van der Waals surface area contributed by atoms with Crippen molar-refractivity contribution in [2.45, 2.75) is 6.04 Å². The molecule has 0 radical (unpaired) electrons. The minimum absolute atomic E-state index is 0.144. The molecule has 2 N–H and O–H groups in total. The van der Waals surface area contributed by atoms with E-state index in [1.807, 2.05) is 0 Å². The minimum atomic E-state index is -0.858. The fraction of sp³-hybridized carbons (Fsp3) is 0.600. The molecule has 0 aromatic carbocycles. The van der Waals surface area contributed by atoms with Crippen molar-refractivity contribution in [2.24, 2.45) is 0 Å². The summed E-state index contributed by atoms with van der Waals surface area (Å²) in [5.74, 6) is 0.407. The molecule has 1 fully saturated rings. The Labute approximate surface area is 98.9 Å². The first kappa shape index (κ1) is 13.1. The van der Waals surface area contributed by atoms with Crippen LogP contribution in [0.4, 0.5) is 0 Å². The fourth-order valence-electron chi connectivity index (χ4n) is 1.48. The minimum Gasteiger partial charge on any atom is -0.480 e. The molecule has 0 aliphatic carbocycles. The predicted molar refractivity (Wildman–Crippen MR) is 63.5 cm³/mol. The van der Waals surface area contributed by atoms with Crippen LogP contribution in [0.5, 0.6) is 0 Å². The van der Waals surface area contributed by atoms with Crippen LogP contribution < -0.4 is 5.32 Å². The van der Waals surface area contributed by atoms with Crippen molar-refractivity contribution in [3.05, 3.63) is 12.7 Å². The monoisotopic (exact) mass is 244 g/mol. The van der Waals surface area contributed by atoms with Crippen molar-refractivity contribution >= 4 is 23.6 Å². The van der Waals surface area contributed by atoms with Crippen LogP contribution >= 0.6 is 11.8 Å². The summed E-state index contributed by atoms with van der Waals surface area (Å²) in [5.41, 5.74) is 0. The quantitative estimate of drug-likeness (QED) is 0.655. The van der Waals surface area contributed by atoms with Gasteiger partial charge in [-0.25, -0.2) is 0 Å². The molecular weight excluding hydrogens is 228 g/mol. The summed E-state index contributed by atoms with van der Waals surface area (Å²) in [6, 6.07) is -0.548. The molecule has 0 bridgehead atoms. The molecule has 0 spiro atoms. The van der Waals surface area contributed by atoms with E-state index in [1.165, 1.54) is 0 Å². The van der Waals surface area contributed by atoms with Gasteiger partial charge in [0.2, 0.25) is 5.91 Å². The number of carbonyl (C=O) groups excluding carboxylic acids is 1. The summed E-state index contributed by atoms with van der Waals surface area (Å²) < 4.78 is 0. The molecule has 0 saturated carbocycles. The number of nitrogens with zero attached hydrogens (tertiary/aromatic N) is 1. The molecule has 90 valence electrons. The number of carbonyl (C=O) groups is 2. The zero-order valence-electron chi connectivity index (χ0n) is 9.02. The number of nitrogens with one attached hydrogen (secondary N) is 1. The zero-order valence-corrected chi connectivity index (χ0v) is 9.83. The molecule has 1 rings (SSSR count). The molecule has 0 aromatic heterocycles. The van der Waals surface area contributed by atoms with Gasteiger partial charge in [0.05, 0.1) is 6.54 Å². The van der Waals surface area contributed by atoms with Gasteiger partial charge in [-0.1, -0.05) is 6.08 Å². The topological polar surface area (TPSA) is 69.6 Å². The standard InChI is InChI=1S/C10H16N2O3S/c1-2-3-11-9(13)6-12-4-5-16-7-8(12)10(14)15/h2,8H,1,3-7H2,(H,11,13)(H,14,15). The van der Waals surface area contributed by atoms with Crippen LogP contribution in [-0.2, 0) is 9.59 Å². The Hall–Kier alpha value is -1.01. The van der Waals surface area contributed by atoms with Gasteiger partial charge in [0.1, 0.15) is 6.04 Å². The van der Waals surface area contributed by atoms with E-state index in [-0.39, 0.29) is 12.5 Å². The van der Waals surface area contributed by atoms with Gasteiger partial charge in [0.15, 0.2) is 0 Å². The van der Waals surface area contributed by atoms with Gasteiger partial charge in [-0.15, -0.1) is 6.58 Å². The number of thioether (sulfide) groups is 1. The molecule has 1 unspecified atom stereocenters. The second-order valence-electron chi connectivity index (χ2n) is 3.49. The number of hydrogen-bond acceptors (Lipinski definition) is 4. The smallest absolute Gasteiger partial charge is 0.321 e. The normalized spacial score (nSPS) is 21.4. The highest BCUT2D eigenvalue weighted by atomic mass is 32.2. The van der Waals surface area contributed by atoms with E-state index in [1.54, 1.807) is 22.7 Å². The van der Waals surface area contributed by atoms with Gasteiger partial charge in [0, 0.05) is 24.6 Å². The molecule has 1 heterocycles. The van der Waals surface area contributed by atoms with Gasteiger partial charge < -0.3 is 10.4 Å². The SMILES string of the molecule is C=CCNC(=O)CN1CCSCC1C(=O)O. The van der Waals surface area contributed by atoms with Gasteiger partial charge in [-0.2, -0.15) is 11.8 Å². The maximum atomic E-state index is 11.4. The van der Waals surface area contributed by atoms with Crippen LogP contribution in [0.1, 0.15) is 0 Å². The average molecular weight is 244 g/mol. The van der Waals surface area contributed by atoms with Gasteiger partial charge in [-0.05, 0) is 0 Å². The molecule has 1 aliphatic rings. The zero-order chi connectivity index (χ0) is 12.0. The number of aliphatic carboxylic acids is 1. The van der Waals surface area contributed by atoms with Crippen LogP contribution in [-0.4, -0.2) is 59.1 Å². The van der Waals surface area contributed by atoms with E-state index in [2.05, 4.69) is 11.9 Å². The third-order valence-corrected chi connectivity index (χ3v) is 3.34. The molecule has 1 atom stereocenters. The first-order valence-electron chi connectivity index (χ1n) is 5.07. The molecule has 0 aromatic rings. The summed E-state index contributed by atoms with van der Waals surface area (Å²) in [6.07, 6.45) is 1.60. The Morgan fingerprint density at radius 1 is 1.62 bits per heavy atom. The van der Waals surface area contributed by atoms with Crippen LogP contribution in [0, 0.1) is 0 Å². The lowest BCUT2D eigenvalue weighted by Crippen LogP contribution is -2.51. The van der Waals surface area contributed by atoms with Crippen molar-refractivity contribution in [1.29, 1.82) is 0 Å². The van der Waals surface area contributed by atoms with Crippen molar-refractivity contribution < 1.29 is 14.7 Å². The summed E-state index contributed by atoms with van der Waals surface area (Å²) in [7, 11) is 0. The van der Waals surface area contributed by atoms with Gasteiger partial charge in [0.25, 0.3) is 0 Å². The third-order valence-electron chi connectivity index (χ3n) is 2.31. The van der Waals surface area contributed by atoms with Crippen molar-refractivity contribution in [1.82, 2.24) is 10.2 Å². The molecule has 6 heteroatoms. The number of rotatable bonds is 5. The molecule has 1 amide bonds. The first-order chi connectivity index (χ1) is 7.65. The van der Waals surface area contributed by atoms with E-state index in [0.717, 1.165) is 5.75 Å². The van der Waals surface area contributed by atoms with Crippen LogP contribution in [0.3, 0.4) is 0 Å². The van der Waals surface area contributed by atoms with E-state index in [4.69, 9.17) is 5.11 Å². The molecule has 1 aliphatic heterocycles. The van der Waals surface area contributed by atoms with Crippen molar-refractivity contribution in [3.8, 4) is 0 Å². The fourth-order valence-corrected chi connectivity index (χ4v) is 2.59. The van der Waals surface area contributed by atoms with Crippen molar-refractivity contribution in [2.75, 3.05) is 31.1 Å². The van der Waals surface area contributed by atoms with E-state index in [9.17, 15) is 9.59 Å². The molecular formula is C10H16N2O3S. The van der Waals surface area contributed by atoms with Crippen LogP contribution in [0.15, 0.2) is 12.7 Å². The third kappa shape index (κ3) is 3.86.